The van der Waals surface area contributed by atoms with E-state index in [1.807, 2.05) is 6.07 Å². The summed E-state index contributed by atoms with van der Waals surface area (Å²) in [4.78, 5) is 19.6. The summed E-state index contributed by atoms with van der Waals surface area (Å²) in [5, 5.41) is 21.7. The van der Waals surface area contributed by atoms with Crippen LogP contribution in [-0.2, 0) is 16.2 Å². The van der Waals surface area contributed by atoms with E-state index in [1.165, 1.54) is 22.4 Å². The van der Waals surface area contributed by atoms with Crippen molar-refractivity contribution < 1.29 is 79.2 Å². The number of nitrogens with zero attached hydrogens (tertiary/aromatic N) is 2. The summed E-state index contributed by atoms with van der Waals surface area (Å²) in [6, 6.07) is 15.1. The third-order valence-electron chi connectivity index (χ3n) is 7.06. The van der Waals surface area contributed by atoms with Crippen molar-refractivity contribution in [3.63, 3.8) is 0 Å². The summed E-state index contributed by atoms with van der Waals surface area (Å²) in [7, 11) is 2.14. The number of anilines is 1. The van der Waals surface area contributed by atoms with Crippen LogP contribution in [-0.4, -0.2) is 37.6 Å². The van der Waals surface area contributed by atoms with E-state index in [-0.39, 0.29) is 78.2 Å². The van der Waals surface area contributed by atoms with Gasteiger partial charge in [-0.2, -0.15) is 0 Å². The molecular weight excluding hydrogens is 522 g/mol. The van der Waals surface area contributed by atoms with Gasteiger partial charge < -0.3 is 24.9 Å². The van der Waals surface area contributed by atoms with Crippen molar-refractivity contribution in [2.75, 3.05) is 31.6 Å². The average molecular weight is 561 g/mol. The van der Waals surface area contributed by atoms with Crippen molar-refractivity contribution in [1.29, 1.82) is 0 Å². The Hall–Kier alpha value is -0.120. The van der Waals surface area contributed by atoms with E-state index in [0.29, 0.717) is 6.42 Å². The fourth-order valence-corrected chi connectivity index (χ4v) is 5.45. The monoisotopic (exact) mass is 560 g/mol. The first kappa shape index (κ1) is 35.9. The number of hydrogen-bond donors (Lipinski definition) is 0. The Morgan fingerprint density at radius 3 is 2.26 bits per heavy atom. The van der Waals surface area contributed by atoms with Gasteiger partial charge in [0.25, 0.3) is 0 Å². The van der Waals surface area contributed by atoms with Crippen LogP contribution in [0.2, 0.25) is 5.02 Å². The third kappa shape index (κ3) is 11.4. The Balaban J connectivity index is 0.00000361. The molecule has 0 aromatic heterocycles. The molecule has 0 spiro atoms. The zero-order chi connectivity index (χ0) is 25.8. The summed E-state index contributed by atoms with van der Waals surface area (Å²) in [5.41, 5.74) is 5.11. The zero-order valence-corrected chi connectivity index (χ0v) is 28.2. The number of para-hydroxylation sites is 1. The van der Waals surface area contributed by atoms with E-state index < -0.39 is 5.97 Å². The molecule has 0 N–H and O–H groups in total. The molecule has 0 aliphatic carbocycles. The van der Waals surface area contributed by atoms with E-state index in [9.17, 15) is 15.2 Å². The molecule has 2 aromatic rings. The smallest absolute Gasteiger partial charge is 0.723 e. The van der Waals surface area contributed by atoms with Gasteiger partial charge in [0.15, 0.2) is 0 Å². The molecule has 0 radical (unpaired) electrons. The molecule has 1 unspecified atom stereocenters. The molecule has 9 heteroatoms. The largest absolute Gasteiger partial charge is 1.00 e. The van der Waals surface area contributed by atoms with Crippen molar-refractivity contribution in [3.8, 4) is 0 Å². The number of fused-ring (bicyclic) bond motifs is 2. The first-order valence-electron chi connectivity index (χ1n) is 13.3. The van der Waals surface area contributed by atoms with Gasteiger partial charge in [-0.1, -0.05) is 68.0 Å². The second-order valence-electron chi connectivity index (χ2n) is 9.82. The minimum absolute atomic E-state index is 0. The van der Waals surface area contributed by atoms with Crippen molar-refractivity contribution in [3.05, 3.63) is 64.2 Å². The molecular formula is C29H39ClN2Na2O4. The van der Waals surface area contributed by atoms with Gasteiger partial charge in [0.1, 0.15) is 0 Å². The predicted molar refractivity (Wildman–Crippen MR) is 141 cm³/mol. The van der Waals surface area contributed by atoms with Crippen molar-refractivity contribution >= 4 is 23.3 Å². The Labute approximate surface area is 277 Å². The average Bonchev–Trinajstić information content (AvgIpc) is 2.97. The van der Waals surface area contributed by atoms with E-state index in [0.717, 1.165) is 76.0 Å². The van der Waals surface area contributed by atoms with Crippen LogP contribution in [0.25, 0.3) is 0 Å². The quantitative estimate of drug-likeness (QED) is 0.109. The first-order valence-corrected chi connectivity index (χ1v) is 13.7. The molecule has 0 saturated carbocycles. The molecule has 0 saturated heterocycles. The second-order valence-corrected chi connectivity index (χ2v) is 10.3. The molecule has 0 fully saturated rings. The van der Waals surface area contributed by atoms with Crippen LogP contribution in [0.4, 0.5) is 5.69 Å². The van der Waals surface area contributed by atoms with Gasteiger partial charge in [0.05, 0.1) is 6.04 Å². The Morgan fingerprint density at radius 2 is 1.58 bits per heavy atom. The summed E-state index contributed by atoms with van der Waals surface area (Å²) in [6.45, 7) is 3.01. The molecule has 198 valence electrons. The zero-order valence-electron chi connectivity index (χ0n) is 23.4. The summed E-state index contributed by atoms with van der Waals surface area (Å²) < 4.78 is 0. The molecule has 0 bridgehead atoms. The Morgan fingerprint density at radius 1 is 0.947 bits per heavy atom. The van der Waals surface area contributed by atoms with Crippen LogP contribution in [0.3, 0.4) is 0 Å². The van der Waals surface area contributed by atoms with Gasteiger partial charge in [-0.3, -0.25) is 4.90 Å². The number of unbranched alkanes of at least 4 members (excludes halogenated alkanes) is 7. The number of benzene rings is 2. The van der Waals surface area contributed by atoms with E-state index in [4.69, 9.17) is 11.6 Å². The maximum Gasteiger partial charge on any atom is 1.00 e. The maximum atomic E-state index is 10.7. The number of aliphatic carboxylic acids is 1. The van der Waals surface area contributed by atoms with Crippen LogP contribution >= 0.6 is 11.6 Å². The SMILES string of the molecule is CN1Cc2cc(Cl)ccc2C(N(CCCCCCCO[O-])CCCCCCC(=O)[O-])c2ccccc21.[Na+].[Na+]. The Kier molecular flexibility index (Phi) is 18.8. The van der Waals surface area contributed by atoms with E-state index in [1.54, 1.807) is 0 Å². The first-order chi connectivity index (χ1) is 17.5. The fraction of sp³-hybridized carbons (Fsp3) is 0.552. The number of halogens is 1. The number of rotatable bonds is 16. The maximum absolute atomic E-state index is 10.7. The standard InChI is InChI=1S/C29H41ClN2O4.2Na/c1-31-22-23-21-24(30)16-17-25(23)29(26-13-8-9-14-27(26)31)32(18-10-4-2-6-12-20-36-35)19-11-5-3-7-15-28(33)34;;/h8-9,13-14,16-17,21,29,35H,2-7,10-12,15,18-20,22H2,1H3,(H,33,34);;/q;2*+1/p-2. The summed E-state index contributed by atoms with van der Waals surface area (Å²) >= 11 is 6.42. The van der Waals surface area contributed by atoms with Crippen LogP contribution in [0.5, 0.6) is 0 Å². The molecule has 3 rings (SSSR count). The van der Waals surface area contributed by atoms with Crippen LogP contribution < -0.4 is 74.4 Å². The summed E-state index contributed by atoms with van der Waals surface area (Å²) in [5.74, 6) is -0.965. The van der Waals surface area contributed by atoms with Crippen molar-refractivity contribution in [2.45, 2.75) is 76.8 Å². The molecule has 6 nitrogen and oxygen atoms in total. The second kappa shape index (κ2) is 19.9. The topological polar surface area (TPSA) is 78.9 Å². The van der Waals surface area contributed by atoms with Crippen LogP contribution in [0.1, 0.15) is 86.9 Å². The van der Waals surface area contributed by atoms with Crippen LogP contribution in [0, 0.1) is 0 Å². The van der Waals surface area contributed by atoms with E-state index in [2.05, 4.69) is 58.1 Å². The van der Waals surface area contributed by atoms with Gasteiger partial charge in [-0.25, -0.2) is 0 Å². The van der Waals surface area contributed by atoms with Gasteiger partial charge in [0, 0.05) is 36.9 Å². The predicted octanol–water partition coefficient (Wildman–Crippen LogP) is -1.37. The molecule has 1 atom stereocenters. The van der Waals surface area contributed by atoms with Gasteiger partial charge >= 0.3 is 59.1 Å². The summed E-state index contributed by atoms with van der Waals surface area (Å²) in [6.07, 6.45) is 8.85. The Bertz CT molecular complexity index is 966. The number of carboxylic acids is 1. The molecule has 1 aliphatic rings. The number of hydrogen-bond acceptors (Lipinski definition) is 6. The molecule has 1 heterocycles. The third-order valence-corrected chi connectivity index (χ3v) is 7.30. The number of carboxylic acid groups (broad SMARTS) is 1. The minimum Gasteiger partial charge on any atom is -0.723 e. The van der Waals surface area contributed by atoms with Gasteiger partial charge in [-0.05, 0) is 80.1 Å². The van der Waals surface area contributed by atoms with E-state index >= 15 is 0 Å². The normalized spacial score (nSPS) is 14.2. The van der Waals surface area contributed by atoms with Crippen molar-refractivity contribution in [1.82, 2.24) is 4.90 Å². The minimum atomic E-state index is -0.965. The molecule has 0 amide bonds. The number of carbonyl (C=O) groups excluding carboxylic acids is 1. The number of carbonyl (C=O) groups is 1. The van der Waals surface area contributed by atoms with Gasteiger partial charge in [-0.15, -0.1) is 0 Å². The van der Waals surface area contributed by atoms with Crippen molar-refractivity contribution in [2.24, 2.45) is 0 Å². The molecule has 1 aliphatic heterocycles. The van der Waals surface area contributed by atoms with Gasteiger partial charge in [0.2, 0.25) is 0 Å². The fourth-order valence-electron chi connectivity index (χ4n) is 5.26. The van der Waals surface area contributed by atoms with Crippen LogP contribution in [0.15, 0.2) is 42.5 Å². The molecule has 38 heavy (non-hydrogen) atoms. The molecule has 2 aromatic carbocycles.